The second kappa shape index (κ2) is 9.56. The fourth-order valence-electron chi connectivity index (χ4n) is 4.01. The molecule has 174 valence electrons. The molecule has 0 radical (unpaired) electrons. The van der Waals surface area contributed by atoms with Crippen LogP contribution in [-0.2, 0) is 9.59 Å². The Labute approximate surface area is 201 Å². The van der Waals surface area contributed by atoms with E-state index in [0.29, 0.717) is 29.2 Å². The van der Waals surface area contributed by atoms with Gasteiger partial charge in [0.15, 0.2) is 0 Å². The standard InChI is InChI=1S/C29H30N2O3/c1-6-15-34-25-10-8-7-9-24(25)31-28(32)26(22-14-13-19(3)21(5)17-22)27(29(31)33)30-23-16-18(2)11-12-20(23)4/h7-14,16-17,30H,6,15H2,1-5H3. The number of aryl methyl sites for hydroxylation is 4. The van der Waals surface area contributed by atoms with E-state index in [1.54, 1.807) is 18.2 Å². The minimum atomic E-state index is -0.397. The minimum absolute atomic E-state index is 0.271. The zero-order valence-electron chi connectivity index (χ0n) is 20.4. The Morgan fingerprint density at radius 3 is 2.29 bits per heavy atom. The van der Waals surface area contributed by atoms with Crippen LogP contribution < -0.4 is 15.0 Å². The summed E-state index contributed by atoms with van der Waals surface area (Å²) < 4.78 is 5.87. The Morgan fingerprint density at radius 2 is 1.56 bits per heavy atom. The van der Waals surface area contributed by atoms with Gasteiger partial charge in [-0.1, -0.05) is 49.4 Å². The van der Waals surface area contributed by atoms with E-state index >= 15 is 0 Å². The number of nitrogens with zero attached hydrogens (tertiary/aromatic N) is 1. The Morgan fingerprint density at radius 1 is 0.824 bits per heavy atom. The number of hydrogen-bond donors (Lipinski definition) is 1. The summed E-state index contributed by atoms with van der Waals surface area (Å²) in [6.45, 7) is 10.5. The lowest BCUT2D eigenvalue weighted by Gasteiger charge is -2.19. The summed E-state index contributed by atoms with van der Waals surface area (Å²) >= 11 is 0. The van der Waals surface area contributed by atoms with E-state index in [4.69, 9.17) is 4.74 Å². The predicted molar refractivity (Wildman–Crippen MR) is 137 cm³/mol. The van der Waals surface area contributed by atoms with Gasteiger partial charge in [0.1, 0.15) is 11.4 Å². The van der Waals surface area contributed by atoms with Gasteiger partial charge in [-0.15, -0.1) is 0 Å². The predicted octanol–water partition coefficient (Wildman–Crippen LogP) is 6.11. The first kappa shape index (κ1) is 23.3. The number of imide groups is 1. The zero-order chi connectivity index (χ0) is 24.4. The second-order valence-corrected chi connectivity index (χ2v) is 8.75. The number of carbonyl (C=O) groups excluding carboxylic acids is 2. The molecular formula is C29H30N2O3. The van der Waals surface area contributed by atoms with Gasteiger partial charge >= 0.3 is 0 Å². The molecule has 0 bridgehead atoms. The van der Waals surface area contributed by atoms with Crippen LogP contribution in [0.5, 0.6) is 5.75 Å². The Kier molecular flexibility index (Phi) is 6.55. The van der Waals surface area contributed by atoms with Crippen LogP contribution in [-0.4, -0.2) is 18.4 Å². The van der Waals surface area contributed by atoms with E-state index in [-0.39, 0.29) is 11.6 Å². The third kappa shape index (κ3) is 4.34. The first-order valence-corrected chi connectivity index (χ1v) is 11.6. The number of amides is 2. The fourth-order valence-corrected chi connectivity index (χ4v) is 4.01. The minimum Gasteiger partial charge on any atom is -0.491 e. The van der Waals surface area contributed by atoms with Crippen molar-refractivity contribution in [3.8, 4) is 5.75 Å². The van der Waals surface area contributed by atoms with Crippen LogP contribution in [0.15, 0.2) is 66.4 Å². The van der Waals surface area contributed by atoms with Gasteiger partial charge in [-0.3, -0.25) is 9.59 Å². The SMILES string of the molecule is CCCOc1ccccc1N1C(=O)C(Nc2cc(C)ccc2C)=C(c2ccc(C)c(C)c2)C1=O. The lowest BCUT2D eigenvalue weighted by Crippen LogP contribution is -2.32. The van der Waals surface area contributed by atoms with Gasteiger partial charge in [0.25, 0.3) is 11.8 Å². The Balaban J connectivity index is 1.86. The molecule has 3 aromatic rings. The topological polar surface area (TPSA) is 58.6 Å². The normalized spacial score (nSPS) is 13.6. The summed E-state index contributed by atoms with van der Waals surface area (Å²) in [6, 6.07) is 19.0. The number of benzene rings is 3. The molecule has 5 heteroatoms. The summed E-state index contributed by atoms with van der Waals surface area (Å²) in [5.74, 6) is -0.251. The van der Waals surface area contributed by atoms with Gasteiger partial charge in [-0.25, -0.2) is 4.90 Å². The molecule has 1 aliphatic heterocycles. The highest BCUT2D eigenvalue weighted by atomic mass is 16.5. The molecule has 4 rings (SSSR count). The molecule has 0 saturated heterocycles. The van der Waals surface area contributed by atoms with Crippen molar-refractivity contribution in [3.05, 3.63) is 94.2 Å². The number of anilines is 2. The highest BCUT2D eigenvalue weighted by Crippen LogP contribution is 2.38. The van der Waals surface area contributed by atoms with Gasteiger partial charge in [0, 0.05) is 5.69 Å². The summed E-state index contributed by atoms with van der Waals surface area (Å²) in [4.78, 5) is 28.9. The number of rotatable bonds is 7. The summed E-state index contributed by atoms with van der Waals surface area (Å²) in [5.41, 5.74) is 6.83. The Hall–Kier alpha value is -3.86. The third-order valence-electron chi connectivity index (χ3n) is 6.10. The third-order valence-corrected chi connectivity index (χ3v) is 6.10. The number of para-hydroxylation sites is 2. The molecule has 34 heavy (non-hydrogen) atoms. The van der Waals surface area contributed by atoms with Gasteiger partial charge < -0.3 is 10.1 Å². The van der Waals surface area contributed by atoms with E-state index < -0.39 is 5.91 Å². The van der Waals surface area contributed by atoms with Gasteiger partial charge in [0.2, 0.25) is 0 Å². The first-order chi connectivity index (χ1) is 16.3. The van der Waals surface area contributed by atoms with Crippen molar-refractivity contribution >= 4 is 28.8 Å². The quantitative estimate of drug-likeness (QED) is 0.438. The van der Waals surface area contributed by atoms with E-state index in [0.717, 1.165) is 34.4 Å². The van der Waals surface area contributed by atoms with Crippen LogP contribution in [0.25, 0.3) is 5.57 Å². The van der Waals surface area contributed by atoms with E-state index in [1.807, 2.05) is 77.1 Å². The van der Waals surface area contributed by atoms with Crippen molar-refractivity contribution in [2.24, 2.45) is 0 Å². The zero-order valence-corrected chi connectivity index (χ0v) is 20.4. The van der Waals surface area contributed by atoms with Gasteiger partial charge in [-0.2, -0.15) is 0 Å². The van der Waals surface area contributed by atoms with Crippen molar-refractivity contribution in [3.63, 3.8) is 0 Å². The number of carbonyl (C=O) groups is 2. The largest absolute Gasteiger partial charge is 0.491 e. The molecule has 0 atom stereocenters. The summed E-state index contributed by atoms with van der Waals surface area (Å²) in [7, 11) is 0. The number of nitrogens with one attached hydrogen (secondary N) is 1. The van der Waals surface area contributed by atoms with Gasteiger partial charge in [0.05, 0.1) is 17.9 Å². The highest BCUT2D eigenvalue weighted by molar-refractivity contribution is 6.46. The lowest BCUT2D eigenvalue weighted by molar-refractivity contribution is -0.120. The molecule has 1 aliphatic rings. The maximum Gasteiger partial charge on any atom is 0.282 e. The van der Waals surface area contributed by atoms with E-state index in [9.17, 15) is 9.59 Å². The molecule has 3 aromatic carbocycles. The molecule has 1 N–H and O–H groups in total. The maximum absolute atomic E-state index is 13.8. The Bertz CT molecular complexity index is 1310. The smallest absolute Gasteiger partial charge is 0.282 e. The van der Waals surface area contributed by atoms with Crippen LogP contribution >= 0.6 is 0 Å². The average molecular weight is 455 g/mol. The maximum atomic E-state index is 13.8. The molecule has 0 fully saturated rings. The van der Waals surface area contributed by atoms with Crippen molar-refractivity contribution < 1.29 is 14.3 Å². The number of hydrogen-bond acceptors (Lipinski definition) is 4. The fraction of sp³-hybridized carbons (Fsp3) is 0.241. The highest BCUT2D eigenvalue weighted by Gasteiger charge is 2.41. The summed E-state index contributed by atoms with van der Waals surface area (Å²) in [5, 5.41) is 3.30. The molecule has 0 spiro atoms. The van der Waals surface area contributed by atoms with Crippen LogP contribution in [0.4, 0.5) is 11.4 Å². The van der Waals surface area contributed by atoms with Crippen molar-refractivity contribution in [2.45, 2.75) is 41.0 Å². The molecular weight excluding hydrogens is 424 g/mol. The second-order valence-electron chi connectivity index (χ2n) is 8.75. The molecule has 2 amide bonds. The lowest BCUT2D eigenvalue weighted by atomic mass is 9.99. The average Bonchev–Trinajstić information content (AvgIpc) is 3.06. The van der Waals surface area contributed by atoms with E-state index in [2.05, 4.69) is 5.32 Å². The molecule has 0 aromatic heterocycles. The molecule has 0 unspecified atom stereocenters. The van der Waals surface area contributed by atoms with Crippen LogP contribution in [0.2, 0.25) is 0 Å². The van der Waals surface area contributed by atoms with Crippen LogP contribution in [0.3, 0.4) is 0 Å². The van der Waals surface area contributed by atoms with Gasteiger partial charge in [-0.05, 0) is 80.1 Å². The number of ether oxygens (including phenoxy) is 1. The first-order valence-electron chi connectivity index (χ1n) is 11.6. The van der Waals surface area contributed by atoms with Crippen molar-refractivity contribution in [2.75, 3.05) is 16.8 Å². The van der Waals surface area contributed by atoms with E-state index in [1.165, 1.54) is 4.90 Å². The molecule has 0 saturated carbocycles. The monoisotopic (exact) mass is 454 g/mol. The van der Waals surface area contributed by atoms with Crippen molar-refractivity contribution in [1.82, 2.24) is 0 Å². The van der Waals surface area contributed by atoms with Crippen molar-refractivity contribution in [1.29, 1.82) is 0 Å². The summed E-state index contributed by atoms with van der Waals surface area (Å²) in [6.07, 6.45) is 0.821. The van der Waals surface area contributed by atoms with Crippen LogP contribution in [0.1, 0.15) is 41.2 Å². The molecule has 5 nitrogen and oxygen atoms in total. The molecule has 0 aliphatic carbocycles. The van der Waals surface area contributed by atoms with Crippen LogP contribution in [0, 0.1) is 27.7 Å². The molecule has 1 heterocycles.